The maximum absolute atomic E-state index is 13.2. The maximum atomic E-state index is 13.2. The van der Waals surface area contributed by atoms with Gasteiger partial charge in [-0.3, -0.25) is 4.79 Å². The molecule has 0 saturated carbocycles. The van der Waals surface area contributed by atoms with Crippen LogP contribution in [-0.4, -0.2) is 48.0 Å². The molecule has 0 aliphatic heterocycles. The van der Waals surface area contributed by atoms with Gasteiger partial charge in [0, 0.05) is 18.3 Å². The molecule has 0 aliphatic carbocycles. The molecule has 0 atom stereocenters. The lowest BCUT2D eigenvalue weighted by atomic mass is 10.3. The van der Waals surface area contributed by atoms with Crippen molar-refractivity contribution in [3.8, 4) is 0 Å². The Kier molecular flexibility index (Phi) is 6.20. The van der Waals surface area contributed by atoms with Crippen LogP contribution in [0.5, 0.6) is 0 Å². The van der Waals surface area contributed by atoms with Crippen LogP contribution in [0.3, 0.4) is 0 Å². The molecule has 0 saturated heterocycles. The van der Waals surface area contributed by atoms with Crippen LogP contribution in [-0.2, 0) is 0 Å². The van der Waals surface area contributed by atoms with E-state index in [9.17, 15) is 9.18 Å². The van der Waals surface area contributed by atoms with Gasteiger partial charge in [0.2, 0.25) is 0 Å². The van der Waals surface area contributed by atoms with Crippen molar-refractivity contribution in [3.05, 3.63) is 47.7 Å². The summed E-state index contributed by atoms with van der Waals surface area (Å²) in [7, 11) is 4.04. The van der Waals surface area contributed by atoms with Crippen molar-refractivity contribution in [2.75, 3.05) is 37.8 Å². The number of anilines is 2. The highest BCUT2D eigenvalue weighted by Gasteiger charge is 2.11. The van der Waals surface area contributed by atoms with Crippen LogP contribution in [0.1, 0.15) is 22.7 Å². The Hall–Kier alpha value is -2.54. The highest BCUT2D eigenvalue weighted by Crippen LogP contribution is 2.12. The van der Waals surface area contributed by atoms with Crippen LogP contribution in [0, 0.1) is 12.7 Å². The van der Waals surface area contributed by atoms with Gasteiger partial charge in [-0.15, -0.1) is 0 Å². The summed E-state index contributed by atoms with van der Waals surface area (Å²) in [4.78, 5) is 22.8. The van der Waals surface area contributed by atoms with E-state index in [1.807, 2.05) is 14.1 Å². The molecule has 2 N–H and O–H groups in total. The highest BCUT2D eigenvalue weighted by molar-refractivity contribution is 6.03. The maximum Gasteiger partial charge on any atom is 0.274 e. The van der Waals surface area contributed by atoms with E-state index >= 15 is 0 Å². The summed E-state index contributed by atoms with van der Waals surface area (Å²) >= 11 is 0. The summed E-state index contributed by atoms with van der Waals surface area (Å²) in [6, 6.07) is 7.33. The number of carbonyl (C=O) groups is 1. The average molecular weight is 331 g/mol. The SMILES string of the molecule is Cc1nc(NCCCN(C)C)cc(C(=O)Nc2cccc(F)c2)n1. The average Bonchev–Trinajstić information content (AvgIpc) is 2.51. The molecule has 2 rings (SSSR count). The number of amides is 1. The second kappa shape index (κ2) is 8.35. The Morgan fingerprint density at radius 2 is 2.04 bits per heavy atom. The fraction of sp³-hybridized carbons (Fsp3) is 0.353. The normalized spacial score (nSPS) is 10.7. The molecular weight excluding hydrogens is 309 g/mol. The molecule has 1 aromatic heterocycles. The molecule has 0 radical (unpaired) electrons. The van der Waals surface area contributed by atoms with Gasteiger partial charge in [0.1, 0.15) is 23.2 Å². The molecule has 128 valence electrons. The van der Waals surface area contributed by atoms with E-state index < -0.39 is 11.7 Å². The topological polar surface area (TPSA) is 70.2 Å². The molecule has 0 aliphatic rings. The molecule has 0 bridgehead atoms. The van der Waals surface area contributed by atoms with Crippen molar-refractivity contribution >= 4 is 17.4 Å². The summed E-state index contributed by atoms with van der Waals surface area (Å²) in [5.41, 5.74) is 0.624. The standard InChI is InChI=1S/C17H22FN5O/c1-12-20-15(11-16(21-12)19-8-5-9-23(2)3)17(24)22-14-7-4-6-13(18)10-14/h4,6-7,10-11H,5,8-9H2,1-3H3,(H,22,24)(H,19,20,21). The van der Waals surface area contributed by atoms with E-state index in [2.05, 4.69) is 25.5 Å². The zero-order valence-corrected chi connectivity index (χ0v) is 14.1. The molecule has 24 heavy (non-hydrogen) atoms. The number of nitrogens with one attached hydrogen (secondary N) is 2. The number of benzene rings is 1. The lowest BCUT2D eigenvalue weighted by molar-refractivity contribution is 0.102. The van der Waals surface area contributed by atoms with Gasteiger partial charge >= 0.3 is 0 Å². The lowest BCUT2D eigenvalue weighted by Crippen LogP contribution is -2.18. The van der Waals surface area contributed by atoms with Gasteiger partial charge in [0.05, 0.1) is 0 Å². The first-order valence-electron chi connectivity index (χ1n) is 7.75. The van der Waals surface area contributed by atoms with Crippen LogP contribution < -0.4 is 10.6 Å². The fourth-order valence-corrected chi connectivity index (χ4v) is 2.15. The summed E-state index contributed by atoms with van der Waals surface area (Å²) < 4.78 is 13.2. The quantitative estimate of drug-likeness (QED) is 0.763. The third-order valence-electron chi connectivity index (χ3n) is 3.24. The molecule has 1 aromatic carbocycles. The largest absolute Gasteiger partial charge is 0.370 e. The predicted molar refractivity (Wildman–Crippen MR) is 92.8 cm³/mol. The Balaban J connectivity index is 2.02. The highest BCUT2D eigenvalue weighted by atomic mass is 19.1. The molecule has 0 fully saturated rings. The first kappa shape index (κ1) is 17.8. The summed E-state index contributed by atoms with van der Waals surface area (Å²) in [6.45, 7) is 3.44. The number of rotatable bonds is 7. The first-order chi connectivity index (χ1) is 11.4. The molecule has 2 aromatic rings. The Morgan fingerprint density at radius 1 is 1.25 bits per heavy atom. The number of hydrogen-bond donors (Lipinski definition) is 2. The van der Waals surface area contributed by atoms with E-state index in [1.54, 1.807) is 19.1 Å². The van der Waals surface area contributed by atoms with Gasteiger partial charge in [-0.1, -0.05) is 6.07 Å². The third kappa shape index (κ3) is 5.58. The number of nitrogens with zero attached hydrogens (tertiary/aromatic N) is 3. The zero-order chi connectivity index (χ0) is 17.5. The molecule has 0 unspecified atom stereocenters. The molecule has 0 spiro atoms. The van der Waals surface area contributed by atoms with Crippen molar-refractivity contribution < 1.29 is 9.18 Å². The number of aryl methyl sites for hydroxylation is 1. The van der Waals surface area contributed by atoms with E-state index in [1.165, 1.54) is 18.2 Å². The summed E-state index contributed by atoms with van der Waals surface area (Å²) in [5, 5.41) is 5.82. The van der Waals surface area contributed by atoms with E-state index in [0.717, 1.165) is 19.5 Å². The number of carbonyl (C=O) groups excluding carboxylic acids is 1. The molecule has 6 nitrogen and oxygen atoms in total. The third-order valence-corrected chi connectivity index (χ3v) is 3.24. The van der Waals surface area contributed by atoms with Gasteiger partial charge in [-0.25, -0.2) is 14.4 Å². The van der Waals surface area contributed by atoms with Crippen LogP contribution in [0.15, 0.2) is 30.3 Å². The van der Waals surface area contributed by atoms with Gasteiger partial charge < -0.3 is 15.5 Å². The minimum Gasteiger partial charge on any atom is -0.370 e. The van der Waals surface area contributed by atoms with Crippen molar-refractivity contribution in [1.82, 2.24) is 14.9 Å². The second-order valence-corrected chi connectivity index (χ2v) is 5.73. The molecule has 1 amide bonds. The Bertz CT molecular complexity index is 705. The minimum atomic E-state index is -0.407. The number of halogens is 1. The minimum absolute atomic E-state index is 0.238. The zero-order valence-electron chi connectivity index (χ0n) is 14.1. The number of hydrogen-bond acceptors (Lipinski definition) is 5. The summed E-state index contributed by atoms with van der Waals surface area (Å²) in [5.74, 6) is 0.292. The van der Waals surface area contributed by atoms with Gasteiger partial charge in [-0.2, -0.15) is 0 Å². The van der Waals surface area contributed by atoms with Crippen LogP contribution >= 0.6 is 0 Å². The van der Waals surface area contributed by atoms with E-state index in [-0.39, 0.29) is 5.69 Å². The fourth-order valence-electron chi connectivity index (χ4n) is 2.15. The van der Waals surface area contributed by atoms with E-state index in [4.69, 9.17) is 0 Å². The molecule has 7 heteroatoms. The van der Waals surface area contributed by atoms with Gasteiger partial charge in [0.25, 0.3) is 5.91 Å². The van der Waals surface area contributed by atoms with Crippen LogP contribution in [0.4, 0.5) is 15.9 Å². The van der Waals surface area contributed by atoms with E-state index in [0.29, 0.717) is 17.3 Å². The predicted octanol–water partition coefficient (Wildman–Crippen LogP) is 2.54. The molecular formula is C17H22FN5O. The van der Waals surface area contributed by atoms with Gasteiger partial charge in [0.15, 0.2) is 0 Å². The monoisotopic (exact) mass is 331 g/mol. The van der Waals surface area contributed by atoms with Crippen LogP contribution in [0.25, 0.3) is 0 Å². The van der Waals surface area contributed by atoms with Crippen LogP contribution in [0.2, 0.25) is 0 Å². The van der Waals surface area contributed by atoms with Gasteiger partial charge in [-0.05, 0) is 52.2 Å². The van der Waals surface area contributed by atoms with Crippen molar-refractivity contribution in [2.24, 2.45) is 0 Å². The number of aromatic nitrogens is 2. The second-order valence-electron chi connectivity index (χ2n) is 5.73. The Labute approximate surface area is 141 Å². The van der Waals surface area contributed by atoms with Crippen molar-refractivity contribution in [1.29, 1.82) is 0 Å². The van der Waals surface area contributed by atoms with Crippen molar-refractivity contribution in [2.45, 2.75) is 13.3 Å². The Morgan fingerprint density at radius 3 is 2.75 bits per heavy atom. The lowest BCUT2D eigenvalue weighted by Gasteiger charge is -2.11. The first-order valence-corrected chi connectivity index (χ1v) is 7.75. The van der Waals surface area contributed by atoms with Crippen molar-refractivity contribution in [3.63, 3.8) is 0 Å². The summed E-state index contributed by atoms with van der Waals surface area (Å²) in [6.07, 6.45) is 0.959. The molecule has 1 heterocycles. The smallest absolute Gasteiger partial charge is 0.274 e.